The molecule has 30 heavy (non-hydrogen) atoms. The standard InChI is InChI=1S/C24H31N3O3/c28-23(24(12-13-24)20-4-2-1-3-5-20)27-14-8-18(9-15-27)6-7-21-25-22(30-26-21)19-10-16-29-17-11-19/h1-5,18-19H,6-17H2. The molecule has 0 unspecified atom stereocenters. The van der Waals surface area contributed by atoms with Gasteiger partial charge in [-0.3, -0.25) is 4.79 Å². The number of piperidine rings is 1. The zero-order valence-electron chi connectivity index (χ0n) is 17.6. The van der Waals surface area contributed by atoms with Crippen LogP contribution in [-0.4, -0.2) is 47.3 Å². The number of hydrogen-bond donors (Lipinski definition) is 0. The van der Waals surface area contributed by atoms with Gasteiger partial charge in [-0.15, -0.1) is 0 Å². The molecule has 1 aliphatic carbocycles. The molecule has 3 heterocycles. The van der Waals surface area contributed by atoms with E-state index >= 15 is 0 Å². The Hall–Kier alpha value is -2.21. The Morgan fingerprint density at radius 1 is 1.07 bits per heavy atom. The van der Waals surface area contributed by atoms with Crippen molar-refractivity contribution >= 4 is 5.91 Å². The molecular weight excluding hydrogens is 378 g/mol. The van der Waals surface area contributed by atoms with Gasteiger partial charge in [-0.05, 0) is 56.4 Å². The number of nitrogens with zero attached hydrogens (tertiary/aromatic N) is 3. The van der Waals surface area contributed by atoms with Crippen molar-refractivity contribution in [2.75, 3.05) is 26.3 Å². The summed E-state index contributed by atoms with van der Waals surface area (Å²) in [7, 11) is 0. The summed E-state index contributed by atoms with van der Waals surface area (Å²) in [4.78, 5) is 19.9. The molecule has 6 nitrogen and oxygen atoms in total. The maximum absolute atomic E-state index is 13.2. The summed E-state index contributed by atoms with van der Waals surface area (Å²) in [6.45, 7) is 3.31. The average molecular weight is 410 g/mol. The summed E-state index contributed by atoms with van der Waals surface area (Å²) >= 11 is 0. The molecule has 1 amide bonds. The molecule has 2 aliphatic heterocycles. The number of rotatable bonds is 6. The van der Waals surface area contributed by atoms with Crippen LogP contribution in [0.1, 0.15) is 68.1 Å². The van der Waals surface area contributed by atoms with E-state index in [1.165, 1.54) is 5.56 Å². The molecule has 5 rings (SSSR count). The van der Waals surface area contributed by atoms with Gasteiger partial charge in [0.05, 0.1) is 5.41 Å². The van der Waals surface area contributed by atoms with Crippen LogP contribution >= 0.6 is 0 Å². The summed E-state index contributed by atoms with van der Waals surface area (Å²) in [6.07, 6.45) is 7.99. The molecule has 160 valence electrons. The van der Waals surface area contributed by atoms with E-state index in [0.29, 0.717) is 17.7 Å². The summed E-state index contributed by atoms with van der Waals surface area (Å²) in [5.41, 5.74) is 0.953. The average Bonchev–Trinajstić information content (AvgIpc) is 3.50. The van der Waals surface area contributed by atoms with Gasteiger partial charge in [-0.25, -0.2) is 0 Å². The molecule has 0 atom stereocenters. The number of ether oxygens (including phenoxy) is 1. The highest BCUT2D eigenvalue weighted by molar-refractivity contribution is 5.91. The molecule has 2 aromatic rings. The number of likely N-dealkylation sites (tertiary alicyclic amines) is 1. The maximum atomic E-state index is 13.2. The third-order valence-electron chi connectivity index (χ3n) is 7.22. The molecule has 0 bridgehead atoms. The lowest BCUT2D eigenvalue weighted by Gasteiger charge is -2.34. The van der Waals surface area contributed by atoms with E-state index in [-0.39, 0.29) is 5.41 Å². The highest BCUT2D eigenvalue weighted by Gasteiger charge is 2.53. The smallest absolute Gasteiger partial charge is 0.233 e. The van der Waals surface area contributed by atoms with Gasteiger partial charge in [0, 0.05) is 38.6 Å². The van der Waals surface area contributed by atoms with E-state index in [0.717, 1.165) is 89.4 Å². The van der Waals surface area contributed by atoms with Crippen molar-refractivity contribution in [2.24, 2.45) is 5.92 Å². The third kappa shape index (κ3) is 4.02. The molecule has 0 radical (unpaired) electrons. The molecule has 2 saturated heterocycles. The van der Waals surface area contributed by atoms with Crippen LogP contribution in [0, 0.1) is 5.92 Å². The number of hydrogen-bond acceptors (Lipinski definition) is 5. The topological polar surface area (TPSA) is 68.5 Å². The molecule has 1 aromatic heterocycles. The Balaban J connectivity index is 1.10. The number of benzene rings is 1. The first-order chi connectivity index (χ1) is 14.7. The lowest BCUT2D eigenvalue weighted by Crippen LogP contribution is -2.44. The largest absolute Gasteiger partial charge is 0.381 e. The molecule has 0 N–H and O–H groups in total. The predicted molar refractivity (Wildman–Crippen MR) is 112 cm³/mol. The highest BCUT2D eigenvalue weighted by atomic mass is 16.5. The Bertz CT molecular complexity index is 848. The highest BCUT2D eigenvalue weighted by Crippen LogP contribution is 2.50. The lowest BCUT2D eigenvalue weighted by molar-refractivity contribution is -0.135. The molecule has 1 aromatic carbocycles. The van der Waals surface area contributed by atoms with E-state index in [1.54, 1.807) is 0 Å². The van der Waals surface area contributed by atoms with Crippen LogP contribution < -0.4 is 0 Å². The zero-order chi connectivity index (χ0) is 20.4. The zero-order valence-corrected chi connectivity index (χ0v) is 17.6. The Morgan fingerprint density at radius 2 is 1.80 bits per heavy atom. The molecule has 6 heteroatoms. The van der Waals surface area contributed by atoms with Gasteiger partial charge < -0.3 is 14.2 Å². The Kier molecular flexibility index (Phi) is 5.59. The van der Waals surface area contributed by atoms with Crippen molar-refractivity contribution in [1.82, 2.24) is 15.0 Å². The fourth-order valence-corrected chi connectivity index (χ4v) is 5.05. The number of amides is 1. The monoisotopic (exact) mass is 409 g/mol. The van der Waals surface area contributed by atoms with Gasteiger partial charge in [-0.2, -0.15) is 4.98 Å². The van der Waals surface area contributed by atoms with E-state index in [1.807, 2.05) is 18.2 Å². The summed E-state index contributed by atoms with van der Waals surface area (Å²) in [6, 6.07) is 10.3. The van der Waals surface area contributed by atoms with E-state index in [9.17, 15) is 4.79 Å². The first kappa shape index (κ1) is 19.7. The van der Waals surface area contributed by atoms with Crippen molar-refractivity contribution in [3.63, 3.8) is 0 Å². The van der Waals surface area contributed by atoms with Gasteiger partial charge in [0.25, 0.3) is 0 Å². The van der Waals surface area contributed by atoms with Crippen LogP contribution in [0.2, 0.25) is 0 Å². The van der Waals surface area contributed by atoms with Crippen LogP contribution in [0.3, 0.4) is 0 Å². The van der Waals surface area contributed by atoms with E-state index in [4.69, 9.17) is 9.26 Å². The minimum Gasteiger partial charge on any atom is -0.381 e. The number of aromatic nitrogens is 2. The molecular formula is C24H31N3O3. The van der Waals surface area contributed by atoms with Crippen LogP contribution in [0.4, 0.5) is 0 Å². The summed E-state index contributed by atoms with van der Waals surface area (Å²) < 4.78 is 10.9. The normalized spacial score (nSPS) is 22.2. The van der Waals surface area contributed by atoms with Crippen molar-refractivity contribution in [2.45, 2.75) is 62.7 Å². The predicted octanol–water partition coefficient (Wildman–Crippen LogP) is 3.87. The van der Waals surface area contributed by atoms with Crippen LogP contribution in [0.15, 0.2) is 34.9 Å². The maximum Gasteiger partial charge on any atom is 0.233 e. The third-order valence-corrected chi connectivity index (χ3v) is 7.22. The second kappa shape index (κ2) is 8.50. The van der Waals surface area contributed by atoms with Crippen LogP contribution in [0.5, 0.6) is 0 Å². The summed E-state index contributed by atoms with van der Waals surface area (Å²) in [5, 5.41) is 4.20. The molecule has 3 fully saturated rings. The Morgan fingerprint density at radius 3 is 2.50 bits per heavy atom. The van der Waals surface area contributed by atoms with Crippen molar-refractivity contribution in [3.05, 3.63) is 47.6 Å². The number of carbonyl (C=O) groups is 1. The Labute approximate surface area is 178 Å². The first-order valence-electron chi connectivity index (χ1n) is 11.5. The van der Waals surface area contributed by atoms with Crippen molar-refractivity contribution in [1.29, 1.82) is 0 Å². The van der Waals surface area contributed by atoms with Gasteiger partial charge >= 0.3 is 0 Å². The van der Waals surface area contributed by atoms with Gasteiger partial charge in [0.15, 0.2) is 5.82 Å². The second-order valence-electron chi connectivity index (χ2n) is 9.16. The van der Waals surface area contributed by atoms with Crippen molar-refractivity contribution in [3.8, 4) is 0 Å². The van der Waals surface area contributed by atoms with Gasteiger partial charge in [0.1, 0.15) is 0 Å². The molecule has 0 spiro atoms. The minimum absolute atomic E-state index is 0.237. The minimum atomic E-state index is -0.237. The van der Waals surface area contributed by atoms with Gasteiger partial charge in [-0.1, -0.05) is 35.5 Å². The fourth-order valence-electron chi connectivity index (χ4n) is 5.05. The van der Waals surface area contributed by atoms with E-state index in [2.05, 4.69) is 27.2 Å². The fraction of sp³-hybridized carbons (Fsp3) is 0.625. The summed E-state index contributed by atoms with van der Waals surface area (Å²) in [5.74, 6) is 2.94. The van der Waals surface area contributed by atoms with Crippen molar-refractivity contribution < 1.29 is 14.1 Å². The SMILES string of the molecule is O=C(N1CCC(CCc2noc(C3CCOCC3)n2)CC1)C1(c2ccccc2)CC1. The van der Waals surface area contributed by atoms with E-state index < -0.39 is 0 Å². The van der Waals surface area contributed by atoms with Crippen LogP contribution in [0.25, 0.3) is 0 Å². The molecule has 1 saturated carbocycles. The number of carbonyl (C=O) groups excluding carboxylic acids is 1. The first-order valence-corrected chi connectivity index (χ1v) is 11.5. The number of aryl methyl sites for hydroxylation is 1. The van der Waals surface area contributed by atoms with Gasteiger partial charge in [0.2, 0.25) is 11.8 Å². The second-order valence-corrected chi connectivity index (χ2v) is 9.16. The molecule has 3 aliphatic rings. The quantitative estimate of drug-likeness (QED) is 0.725. The lowest BCUT2D eigenvalue weighted by atomic mass is 9.89. The van der Waals surface area contributed by atoms with Crippen LogP contribution in [-0.2, 0) is 21.4 Å².